The molecule has 1 saturated heterocycles. The van der Waals surface area contributed by atoms with Gasteiger partial charge >= 0.3 is 0 Å². The van der Waals surface area contributed by atoms with Crippen LogP contribution >= 0.6 is 23.2 Å². The van der Waals surface area contributed by atoms with E-state index in [9.17, 15) is 9.18 Å². The van der Waals surface area contributed by atoms with Crippen LogP contribution in [0, 0.1) is 11.7 Å². The van der Waals surface area contributed by atoms with Crippen LogP contribution in [0.5, 0.6) is 0 Å². The summed E-state index contributed by atoms with van der Waals surface area (Å²) in [4.78, 5) is 19.0. The number of likely N-dealkylation sites (tertiary alicyclic amines) is 1. The van der Waals surface area contributed by atoms with Gasteiger partial charge in [0.05, 0.1) is 18.2 Å². The second-order valence-electron chi connectivity index (χ2n) is 6.76. The summed E-state index contributed by atoms with van der Waals surface area (Å²) in [5.41, 5.74) is 2.61. The summed E-state index contributed by atoms with van der Waals surface area (Å²) in [7, 11) is 0. The highest BCUT2D eigenvalue weighted by atomic mass is 35.5. The van der Waals surface area contributed by atoms with Crippen LogP contribution in [0.1, 0.15) is 17.5 Å². The van der Waals surface area contributed by atoms with Crippen molar-refractivity contribution >= 4 is 34.8 Å². The maximum absolute atomic E-state index is 13.2. The van der Waals surface area contributed by atoms with Gasteiger partial charge in [0.1, 0.15) is 11.0 Å². The Morgan fingerprint density at radius 1 is 1.19 bits per heavy atom. The number of benzene rings is 1. The van der Waals surface area contributed by atoms with E-state index < -0.39 is 5.82 Å². The molecule has 27 heavy (non-hydrogen) atoms. The molecule has 1 fully saturated rings. The summed E-state index contributed by atoms with van der Waals surface area (Å²) in [6, 6.07) is 7.90. The van der Waals surface area contributed by atoms with Crippen molar-refractivity contribution in [3.05, 3.63) is 63.6 Å². The fourth-order valence-electron chi connectivity index (χ4n) is 3.47. The number of rotatable bonds is 4. The molecule has 140 valence electrons. The lowest BCUT2D eigenvalue weighted by molar-refractivity contribution is -0.132. The molecule has 5 nitrogen and oxygen atoms in total. The summed E-state index contributed by atoms with van der Waals surface area (Å²) in [6.07, 6.45) is 2.49. The van der Waals surface area contributed by atoms with Crippen molar-refractivity contribution in [2.24, 2.45) is 11.0 Å². The zero-order valence-corrected chi connectivity index (χ0v) is 15.9. The van der Waals surface area contributed by atoms with Crippen molar-refractivity contribution < 1.29 is 9.18 Å². The quantitative estimate of drug-likeness (QED) is 0.726. The maximum atomic E-state index is 13.2. The van der Waals surface area contributed by atoms with E-state index in [4.69, 9.17) is 23.2 Å². The number of hydrogen-bond donors (Lipinski definition) is 0. The van der Waals surface area contributed by atoms with Crippen LogP contribution in [0.3, 0.4) is 0 Å². The molecule has 1 amide bonds. The minimum Gasteiger partial charge on any atom is -0.293 e. The van der Waals surface area contributed by atoms with Gasteiger partial charge in [0, 0.05) is 30.9 Å². The van der Waals surface area contributed by atoms with Crippen LogP contribution in [-0.4, -0.2) is 39.6 Å². The normalized spacial score (nSPS) is 20.0. The predicted molar refractivity (Wildman–Crippen MR) is 102 cm³/mol. The van der Waals surface area contributed by atoms with Crippen molar-refractivity contribution in [2.75, 3.05) is 13.1 Å². The first-order chi connectivity index (χ1) is 13.0. The largest absolute Gasteiger partial charge is 0.293 e. The van der Waals surface area contributed by atoms with Gasteiger partial charge in [-0.05, 0) is 35.7 Å². The van der Waals surface area contributed by atoms with E-state index in [0.29, 0.717) is 22.3 Å². The zero-order valence-electron chi connectivity index (χ0n) is 14.4. The van der Waals surface area contributed by atoms with E-state index in [2.05, 4.69) is 15.0 Å². The van der Waals surface area contributed by atoms with Crippen molar-refractivity contribution in [3.8, 4) is 0 Å². The third kappa shape index (κ3) is 3.98. The average Bonchev–Trinajstić information content (AvgIpc) is 2.95. The second kappa shape index (κ2) is 7.54. The molecular weight excluding hydrogens is 390 g/mol. The standard InChI is InChI=1S/C19H17Cl2FN4O/c20-16-7-14(22)3-2-13(16)10-26-19(27)15-5-6-25(11-17(15)24-26)9-12-1-4-18(21)23-8-12/h1-4,7-8,15H,5-6,9-11H2. The highest BCUT2D eigenvalue weighted by Crippen LogP contribution is 2.28. The molecule has 0 saturated carbocycles. The molecule has 0 spiro atoms. The monoisotopic (exact) mass is 406 g/mol. The molecule has 8 heteroatoms. The first-order valence-electron chi connectivity index (χ1n) is 8.65. The topological polar surface area (TPSA) is 48.8 Å². The molecular formula is C19H17Cl2FN4O. The van der Waals surface area contributed by atoms with E-state index in [1.165, 1.54) is 17.1 Å². The fraction of sp³-hybridized carbons (Fsp3) is 0.316. The van der Waals surface area contributed by atoms with Gasteiger partial charge in [0.2, 0.25) is 0 Å². The molecule has 3 heterocycles. The Bertz CT molecular complexity index is 903. The third-order valence-electron chi connectivity index (χ3n) is 4.85. The third-order valence-corrected chi connectivity index (χ3v) is 5.43. The minimum atomic E-state index is -0.399. The Morgan fingerprint density at radius 2 is 2.04 bits per heavy atom. The Hall–Kier alpha value is -2.02. The second-order valence-corrected chi connectivity index (χ2v) is 7.56. The highest BCUT2D eigenvalue weighted by Gasteiger charge is 2.39. The van der Waals surface area contributed by atoms with Crippen molar-refractivity contribution in [3.63, 3.8) is 0 Å². The lowest BCUT2D eigenvalue weighted by atomic mass is 9.94. The van der Waals surface area contributed by atoms with Gasteiger partial charge in [-0.3, -0.25) is 9.69 Å². The van der Waals surface area contributed by atoms with Crippen LogP contribution < -0.4 is 0 Å². The first kappa shape index (κ1) is 18.3. The van der Waals surface area contributed by atoms with Gasteiger partial charge in [-0.15, -0.1) is 0 Å². The number of aromatic nitrogens is 1. The van der Waals surface area contributed by atoms with Crippen LogP contribution in [0.4, 0.5) is 4.39 Å². The summed E-state index contributed by atoms with van der Waals surface area (Å²) in [5.74, 6) is -0.592. The molecule has 1 aromatic heterocycles. The summed E-state index contributed by atoms with van der Waals surface area (Å²) in [5, 5.41) is 6.75. The number of piperidine rings is 1. The lowest BCUT2D eigenvalue weighted by Gasteiger charge is -2.29. The smallest absolute Gasteiger partial charge is 0.251 e. The molecule has 2 aromatic rings. The van der Waals surface area contributed by atoms with Crippen LogP contribution in [-0.2, 0) is 17.9 Å². The zero-order chi connectivity index (χ0) is 19.0. The first-order valence-corrected chi connectivity index (χ1v) is 9.40. The fourth-order valence-corrected chi connectivity index (χ4v) is 3.80. The Labute approximate surface area is 166 Å². The van der Waals surface area contributed by atoms with E-state index in [1.54, 1.807) is 18.3 Å². The number of amides is 1. The van der Waals surface area contributed by atoms with Crippen molar-refractivity contribution in [2.45, 2.75) is 19.5 Å². The SMILES string of the molecule is O=C1C2CCN(Cc3ccc(Cl)nc3)CC2=NN1Cc1ccc(F)cc1Cl. The number of halogens is 3. The van der Waals surface area contributed by atoms with Crippen LogP contribution in [0.15, 0.2) is 41.6 Å². The van der Waals surface area contributed by atoms with E-state index in [-0.39, 0.29) is 18.4 Å². The number of carbonyl (C=O) groups excluding carboxylic acids is 1. The van der Waals surface area contributed by atoms with E-state index in [1.807, 2.05) is 6.07 Å². The maximum Gasteiger partial charge on any atom is 0.251 e. The van der Waals surface area contributed by atoms with Crippen molar-refractivity contribution in [1.82, 2.24) is 14.9 Å². The number of hydrazone groups is 1. The number of carbonyl (C=O) groups is 1. The molecule has 0 aliphatic carbocycles. The lowest BCUT2D eigenvalue weighted by Crippen LogP contribution is -2.41. The molecule has 0 N–H and O–H groups in total. The number of pyridine rings is 1. The predicted octanol–water partition coefficient (Wildman–Crippen LogP) is 3.75. The summed E-state index contributed by atoms with van der Waals surface area (Å²) in [6.45, 7) is 2.42. The average molecular weight is 407 g/mol. The molecule has 2 aliphatic heterocycles. The summed E-state index contributed by atoms with van der Waals surface area (Å²) < 4.78 is 13.2. The number of hydrogen-bond acceptors (Lipinski definition) is 4. The van der Waals surface area contributed by atoms with Gasteiger partial charge in [0.15, 0.2) is 0 Å². The van der Waals surface area contributed by atoms with Gasteiger partial charge in [-0.2, -0.15) is 5.10 Å². The highest BCUT2D eigenvalue weighted by molar-refractivity contribution is 6.31. The molecule has 1 unspecified atom stereocenters. The van der Waals surface area contributed by atoms with Crippen LogP contribution in [0.25, 0.3) is 0 Å². The van der Waals surface area contributed by atoms with E-state index >= 15 is 0 Å². The van der Waals surface area contributed by atoms with Gasteiger partial charge < -0.3 is 0 Å². The molecule has 0 bridgehead atoms. The number of fused-ring (bicyclic) bond motifs is 1. The minimum absolute atomic E-state index is 0.0156. The Kier molecular flexibility index (Phi) is 5.12. The Balaban J connectivity index is 1.45. The molecule has 1 aromatic carbocycles. The molecule has 4 rings (SSSR count). The molecule has 0 radical (unpaired) electrons. The molecule has 2 aliphatic rings. The van der Waals surface area contributed by atoms with Gasteiger partial charge in [0.25, 0.3) is 5.91 Å². The summed E-state index contributed by atoms with van der Waals surface area (Å²) >= 11 is 11.9. The number of nitrogens with zero attached hydrogens (tertiary/aromatic N) is 4. The van der Waals surface area contributed by atoms with E-state index in [0.717, 1.165) is 30.8 Å². The van der Waals surface area contributed by atoms with Crippen LogP contribution in [0.2, 0.25) is 10.2 Å². The molecule has 1 atom stereocenters. The van der Waals surface area contributed by atoms with Crippen molar-refractivity contribution in [1.29, 1.82) is 0 Å². The van der Waals surface area contributed by atoms with Gasteiger partial charge in [-0.25, -0.2) is 14.4 Å². The van der Waals surface area contributed by atoms with Gasteiger partial charge in [-0.1, -0.05) is 35.3 Å². The Morgan fingerprint density at radius 3 is 2.78 bits per heavy atom.